The highest BCUT2D eigenvalue weighted by molar-refractivity contribution is 7.12. The average Bonchev–Trinajstić information content (AvgIpc) is 3.56. The van der Waals surface area contributed by atoms with Crippen molar-refractivity contribution in [2.24, 2.45) is 17.8 Å². The number of nitrogens with zero attached hydrogens (tertiary/aromatic N) is 2. The van der Waals surface area contributed by atoms with E-state index in [0.717, 1.165) is 10.0 Å². The first-order chi connectivity index (χ1) is 18.8. The number of ether oxygens (including phenoxy) is 1. The lowest BCUT2D eigenvalue weighted by Gasteiger charge is -2.30. The molecule has 1 aromatic heterocycles. The number of hydrogen-bond acceptors (Lipinski definition) is 7. The number of allylic oxidation sites excluding steroid dienone is 2. The molecule has 0 bridgehead atoms. The van der Waals surface area contributed by atoms with Gasteiger partial charge in [-0.2, -0.15) is 5.01 Å². The molecule has 1 aliphatic carbocycles. The van der Waals surface area contributed by atoms with Gasteiger partial charge in [0.05, 0.1) is 22.4 Å². The molecule has 1 saturated heterocycles. The van der Waals surface area contributed by atoms with E-state index in [1.165, 1.54) is 47.7 Å². The van der Waals surface area contributed by atoms with E-state index in [9.17, 15) is 24.0 Å². The molecule has 0 saturated carbocycles. The fourth-order valence-corrected chi connectivity index (χ4v) is 5.68. The minimum absolute atomic E-state index is 0.0597. The third kappa shape index (κ3) is 5.15. The van der Waals surface area contributed by atoms with Crippen LogP contribution in [-0.4, -0.2) is 46.0 Å². The third-order valence-electron chi connectivity index (χ3n) is 6.83. The first-order valence-electron chi connectivity index (χ1n) is 12.3. The van der Waals surface area contributed by atoms with E-state index in [4.69, 9.17) is 16.3 Å². The fraction of sp³-hybridized carbons (Fsp3) is 0.207. The van der Waals surface area contributed by atoms with Crippen LogP contribution in [-0.2, 0) is 9.59 Å². The van der Waals surface area contributed by atoms with Gasteiger partial charge in [-0.15, -0.1) is 11.3 Å². The van der Waals surface area contributed by atoms with E-state index < -0.39 is 47.9 Å². The molecule has 0 N–H and O–H groups in total. The highest BCUT2D eigenvalue weighted by atomic mass is 35.5. The lowest BCUT2D eigenvalue weighted by molar-refractivity contribution is -0.154. The van der Waals surface area contributed by atoms with Crippen molar-refractivity contribution in [2.45, 2.75) is 13.3 Å². The predicted molar refractivity (Wildman–Crippen MR) is 144 cm³/mol. The monoisotopic (exact) mass is 562 g/mol. The average molecular weight is 563 g/mol. The molecule has 2 aliphatic rings. The fourth-order valence-electron chi connectivity index (χ4n) is 4.86. The number of rotatable bonds is 7. The Morgan fingerprint density at radius 1 is 1.03 bits per heavy atom. The highest BCUT2D eigenvalue weighted by Gasteiger charge is 2.53. The van der Waals surface area contributed by atoms with Gasteiger partial charge in [0.1, 0.15) is 17.2 Å². The molecule has 0 spiro atoms. The van der Waals surface area contributed by atoms with Crippen molar-refractivity contribution in [1.82, 2.24) is 10.0 Å². The van der Waals surface area contributed by atoms with Crippen LogP contribution in [0.25, 0.3) is 0 Å². The molecule has 5 rings (SSSR count). The zero-order valence-corrected chi connectivity index (χ0v) is 22.4. The van der Waals surface area contributed by atoms with Gasteiger partial charge in [-0.3, -0.25) is 19.2 Å². The number of Topliss-reactive ketones (excluding diaryl/α,β-unsaturated/α-hetero) is 1. The van der Waals surface area contributed by atoms with Crippen LogP contribution in [0, 0.1) is 17.8 Å². The zero-order chi connectivity index (χ0) is 27.7. The molecule has 2 heterocycles. The van der Waals surface area contributed by atoms with E-state index >= 15 is 0 Å². The Morgan fingerprint density at radius 2 is 1.77 bits per heavy atom. The Labute approximate surface area is 233 Å². The third-order valence-corrected chi connectivity index (χ3v) is 8.01. The zero-order valence-electron chi connectivity index (χ0n) is 20.8. The van der Waals surface area contributed by atoms with E-state index in [1.807, 2.05) is 19.1 Å². The van der Waals surface area contributed by atoms with Gasteiger partial charge < -0.3 is 4.74 Å². The molecule has 3 amide bonds. The van der Waals surface area contributed by atoms with Crippen LogP contribution < -0.4 is 4.74 Å². The number of benzene rings is 2. The molecule has 0 unspecified atom stereocenters. The summed E-state index contributed by atoms with van der Waals surface area (Å²) in [6.07, 6.45) is 4.12. The molecule has 3 atom stereocenters. The molecule has 8 nitrogen and oxygen atoms in total. The second kappa shape index (κ2) is 11.0. The van der Waals surface area contributed by atoms with E-state index in [2.05, 4.69) is 0 Å². The molecular weight excluding hydrogens is 540 g/mol. The van der Waals surface area contributed by atoms with Crippen molar-refractivity contribution in [3.8, 4) is 5.75 Å². The molecule has 1 fully saturated rings. The van der Waals surface area contributed by atoms with Gasteiger partial charge in [-0.25, -0.2) is 9.80 Å². The van der Waals surface area contributed by atoms with Crippen LogP contribution in [0.4, 0.5) is 0 Å². The SMILES string of the molecule is C[C@@H]1C=CC[C@@H]2C(=O)N(N(CC(=O)c3ccc(OC(=O)c4cccs4)cc3)C(=O)c3ccccc3Cl)C(=O)[C@@H]12. The minimum atomic E-state index is -0.739. The number of esters is 1. The van der Waals surface area contributed by atoms with Crippen LogP contribution in [0.2, 0.25) is 5.02 Å². The van der Waals surface area contributed by atoms with Crippen LogP contribution in [0.1, 0.15) is 43.7 Å². The lowest BCUT2D eigenvalue weighted by Crippen LogP contribution is -2.52. The normalized spacial score (nSPS) is 20.1. The summed E-state index contributed by atoms with van der Waals surface area (Å²) in [6.45, 7) is 1.28. The van der Waals surface area contributed by atoms with Crippen LogP contribution >= 0.6 is 22.9 Å². The van der Waals surface area contributed by atoms with E-state index in [-0.39, 0.29) is 27.8 Å². The molecule has 39 heavy (non-hydrogen) atoms. The Morgan fingerprint density at radius 3 is 2.44 bits per heavy atom. The van der Waals surface area contributed by atoms with E-state index in [1.54, 1.807) is 29.6 Å². The number of hydrogen-bond donors (Lipinski definition) is 0. The number of imide groups is 1. The Bertz CT molecular complexity index is 1480. The predicted octanol–water partition coefficient (Wildman–Crippen LogP) is 5.06. The molecule has 198 valence electrons. The topological polar surface area (TPSA) is 101 Å². The number of carbonyl (C=O) groups excluding carboxylic acids is 5. The summed E-state index contributed by atoms with van der Waals surface area (Å²) in [5.41, 5.74) is 0.263. The summed E-state index contributed by atoms with van der Waals surface area (Å²) >= 11 is 7.51. The maximum absolute atomic E-state index is 13.7. The van der Waals surface area contributed by atoms with Crippen molar-refractivity contribution < 1.29 is 28.7 Å². The Balaban J connectivity index is 1.41. The first-order valence-corrected chi connectivity index (χ1v) is 13.5. The number of fused-ring (bicyclic) bond motifs is 1. The van der Waals surface area contributed by atoms with Crippen molar-refractivity contribution in [3.63, 3.8) is 0 Å². The van der Waals surface area contributed by atoms with Crippen molar-refractivity contribution in [2.75, 3.05) is 6.54 Å². The van der Waals surface area contributed by atoms with Crippen LogP contribution in [0.3, 0.4) is 0 Å². The largest absolute Gasteiger partial charge is 0.422 e. The van der Waals surface area contributed by atoms with Crippen molar-refractivity contribution in [3.05, 3.63) is 99.2 Å². The van der Waals surface area contributed by atoms with Gasteiger partial charge in [0, 0.05) is 5.56 Å². The molecule has 10 heteroatoms. The van der Waals surface area contributed by atoms with Gasteiger partial charge >= 0.3 is 5.97 Å². The maximum atomic E-state index is 13.7. The summed E-state index contributed by atoms with van der Waals surface area (Å²) in [6, 6.07) is 15.5. The van der Waals surface area contributed by atoms with Gasteiger partial charge in [-0.1, -0.05) is 48.9 Å². The first kappa shape index (κ1) is 26.5. The smallest absolute Gasteiger partial charge is 0.353 e. The molecule has 2 aromatic carbocycles. The van der Waals surface area contributed by atoms with Crippen molar-refractivity contribution in [1.29, 1.82) is 0 Å². The number of carbonyl (C=O) groups is 5. The Hall–Kier alpha value is -4.08. The van der Waals surface area contributed by atoms with Gasteiger partial charge in [-0.05, 0) is 60.2 Å². The Kier molecular flexibility index (Phi) is 7.45. The number of ketones is 1. The van der Waals surface area contributed by atoms with Crippen molar-refractivity contribution >= 4 is 52.4 Å². The highest BCUT2D eigenvalue weighted by Crippen LogP contribution is 2.39. The van der Waals surface area contributed by atoms with Gasteiger partial charge in [0.2, 0.25) is 0 Å². The van der Waals surface area contributed by atoms with Crippen LogP contribution in [0.15, 0.2) is 78.2 Å². The number of hydrazine groups is 1. The van der Waals surface area contributed by atoms with Crippen LogP contribution in [0.5, 0.6) is 5.75 Å². The standard InChI is InChI=1S/C29H23ClN2O6S/c1-17-6-4-8-21-25(17)28(36)32(27(21)35)31(26(34)20-7-2-3-9-22(20)30)16-23(33)18-11-13-19(14-12-18)38-29(37)24-10-5-15-39-24/h2-7,9-15,17,21,25H,8,16H2,1H3/t17-,21+,25+/m1/s1. The summed E-state index contributed by atoms with van der Waals surface area (Å²) in [4.78, 5) is 66.5. The second-order valence-corrected chi connectivity index (χ2v) is 10.7. The summed E-state index contributed by atoms with van der Waals surface area (Å²) in [7, 11) is 0. The molecule has 0 radical (unpaired) electrons. The number of thiophene rings is 1. The molecular formula is C29H23ClN2O6S. The maximum Gasteiger partial charge on any atom is 0.353 e. The lowest BCUT2D eigenvalue weighted by atomic mass is 9.78. The number of amides is 3. The summed E-state index contributed by atoms with van der Waals surface area (Å²) in [5, 5.41) is 3.60. The quantitative estimate of drug-likeness (QED) is 0.131. The van der Waals surface area contributed by atoms with Gasteiger partial charge in [0.15, 0.2) is 5.78 Å². The number of halogens is 1. The van der Waals surface area contributed by atoms with E-state index in [0.29, 0.717) is 11.3 Å². The van der Waals surface area contributed by atoms with Gasteiger partial charge in [0.25, 0.3) is 17.7 Å². The second-order valence-electron chi connectivity index (χ2n) is 9.30. The minimum Gasteiger partial charge on any atom is -0.422 e. The summed E-state index contributed by atoms with van der Waals surface area (Å²) < 4.78 is 5.34. The molecule has 3 aromatic rings. The molecule has 1 aliphatic heterocycles. The summed E-state index contributed by atoms with van der Waals surface area (Å²) in [5.74, 6) is -3.99.